The maximum absolute atomic E-state index is 14.1. The van der Waals surface area contributed by atoms with E-state index in [0.29, 0.717) is 6.42 Å². The zero-order valence-corrected chi connectivity index (χ0v) is 17.7. The Morgan fingerprint density at radius 3 is 2.14 bits per heavy atom. The number of carbonyl (C=O) groups is 2. The minimum absolute atomic E-state index is 0.202. The summed E-state index contributed by atoms with van der Waals surface area (Å²) in [5.74, 6) is -0.406. The van der Waals surface area contributed by atoms with Gasteiger partial charge < -0.3 is 24.7 Å². The van der Waals surface area contributed by atoms with Crippen LogP contribution in [0.15, 0.2) is 48.0 Å². The van der Waals surface area contributed by atoms with Gasteiger partial charge in [-0.3, -0.25) is 9.59 Å². The van der Waals surface area contributed by atoms with Crippen molar-refractivity contribution in [1.29, 1.82) is 0 Å². The molecule has 0 saturated carbocycles. The number of nitrogens with zero attached hydrogens (tertiary/aromatic N) is 2. The molecule has 0 aromatic rings. The second-order valence-corrected chi connectivity index (χ2v) is 10.0. The highest BCUT2D eigenvalue weighted by Crippen LogP contribution is 2.58. The van der Waals surface area contributed by atoms with Crippen LogP contribution in [-0.4, -0.2) is 78.4 Å². The van der Waals surface area contributed by atoms with E-state index in [1.807, 2.05) is 18.6 Å². The fraction of sp³-hybridized carbons (Fsp3) is 0.500. The van der Waals surface area contributed by atoms with Gasteiger partial charge in [0.1, 0.15) is 0 Å². The highest BCUT2D eigenvalue weighted by Gasteiger charge is 2.72. The Kier molecular flexibility index (Phi) is 4.26. The van der Waals surface area contributed by atoms with Crippen LogP contribution in [0, 0.1) is 0 Å². The molecular weight excluding hydrogens is 412 g/mol. The Morgan fingerprint density at radius 2 is 1.52 bits per heavy atom. The molecule has 1 aliphatic carbocycles. The summed E-state index contributed by atoms with van der Waals surface area (Å²) in [7, 11) is 0. The minimum atomic E-state index is -1.17. The zero-order valence-electron chi connectivity index (χ0n) is 16.0. The molecular formula is C20H22N2O5S2. The van der Waals surface area contributed by atoms with E-state index >= 15 is 0 Å². The maximum Gasteiger partial charge on any atom is 0.261 e. The molecule has 0 aromatic carbocycles. The standard InChI is InChI=1S/C20H22N2O5S2/c1-28-19-8-11-4-3-5-13(23)15(11)21(19)18(26)20(29-2)9-12-10-27-7-6-14(24)16(12)22(20)17(19)25/h3-7,10,13-16,23-24H,8-9H2,1-2H3/t13-,14-,15-,16-,19+,20+/m0/s1. The first-order valence-corrected chi connectivity index (χ1v) is 11.9. The van der Waals surface area contributed by atoms with Crippen molar-refractivity contribution in [3.63, 3.8) is 0 Å². The lowest BCUT2D eigenvalue weighted by Gasteiger charge is -2.54. The van der Waals surface area contributed by atoms with Crippen LogP contribution in [0.5, 0.6) is 0 Å². The first-order valence-electron chi connectivity index (χ1n) is 9.43. The summed E-state index contributed by atoms with van der Waals surface area (Å²) in [6.45, 7) is 0. The van der Waals surface area contributed by atoms with Gasteiger partial charge in [-0.2, -0.15) is 0 Å². The smallest absolute Gasteiger partial charge is 0.261 e. The molecule has 3 saturated heterocycles. The van der Waals surface area contributed by atoms with Crippen molar-refractivity contribution in [2.75, 3.05) is 12.5 Å². The molecule has 154 valence electrons. The van der Waals surface area contributed by atoms with Crippen molar-refractivity contribution in [2.45, 2.75) is 46.9 Å². The van der Waals surface area contributed by atoms with Crippen molar-refractivity contribution in [2.24, 2.45) is 0 Å². The number of amides is 2. The Bertz CT molecular complexity index is 915. The fourth-order valence-corrected chi connectivity index (χ4v) is 7.27. The van der Waals surface area contributed by atoms with Crippen LogP contribution < -0.4 is 0 Å². The normalized spacial score (nSPS) is 42.5. The summed E-state index contributed by atoms with van der Waals surface area (Å²) in [5, 5.41) is 21.4. The lowest BCUT2D eigenvalue weighted by Crippen LogP contribution is -2.74. The number of hydrogen-bond acceptors (Lipinski definition) is 7. The van der Waals surface area contributed by atoms with Crippen molar-refractivity contribution in [1.82, 2.24) is 9.80 Å². The highest BCUT2D eigenvalue weighted by atomic mass is 32.2. The third-order valence-corrected chi connectivity index (χ3v) is 8.98. The Labute approximate surface area is 177 Å². The van der Waals surface area contributed by atoms with E-state index in [1.165, 1.54) is 42.1 Å². The molecule has 5 aliphatic rings. The van der Waals surface area contributed by atoms with E-state index in [4.69, 9.17) is 4.74 Å². The van der Waals surface area contributed by atoms with Gasteiger partial charge in [0.25, 0.3) is 11.8 Å². The summed E-state index contributed by atoms with van der Waals surface area (Å²) in [5.41, 5.74) is 1.60. The first-order chi connectivity index (χ1) is 13.9. The maximum atomic E-state index is 14.1. The highest BCUT2D eigenvalue weighted by molar-refractivity contribution is 8.01. The van der Waals surface area contributed by atoms with Crippen molar-refractivity contribution in [3.05, 3.63) is 48.0 Å². The number of aliphatic hydroxyl groups excluding tert-OH is 2. The summed E-state index contributed by atoms with van der Waals surface area (Å²) >= 11 is 2.63. The monoisotopic (exact) mass is 434 g/mol. The van der Waals surface area contributed by atoms with E-state index < -0.39 is 34.0 Å². The predicted octanol–water partition coefficient (Wildman–Crippen LogP) is 0.966. The molecule has 4 heterocycles. The SMILES string of the molecule is CS[C@@]12CC3=CC=C[C@H](O)[C@H]3N1C(=O)[C@]1(SC)CC3=COC=C[C@H](O)[C@H]3N1C2=O. The molecule has 2 amide bonds. The lowest BCUT2D eigenvalue weighted by atomic mass is 9.96. The molecule has 9 heteroatoms. The topological polar surface area (TPSA) is 90.3 Å². The molecule has 5 rings (SSSR count). The van der Waals surface area contributed by atoms with Gasteiger partial charge in [0.05, 0.1) is 36.8 Å². The number of thioether (sulfide) groups is 2. The lowest BCUT2D eigenvalue weighted by molar-refractivity contribution is -0.167. The number of hydrogen-bond donors (Lipinski definition) is 2. The van der Waals surface area contributed by atoms with Gasteiger partial charge in [-0.15, -0.1) is 23.5 Å². The van der Waals surface area contributed by atoms with E-state index in [2.05, 4.69) is 0 Å². The molecule has 7 nitrogen and oxygen atoms in total. The summed E-state index contributed by atoms with van der Waals surface area (Å²) in [4.78, 5) is 29.0. The second-order valence-electron chi connectivity index (χ2n) is 7.84. The van der Waals surface area contributed by atoms with Gasteiger partial charge in [-0.05, 0) is 29.7 Å². The summed E-state index contributed by atoms with van der Waals surface area (Å²) in [6, 6.07) is -1.20. The molecule has 0 bridgehead atoms. The summed E-state index contributed by atoms with van der Waals surface area (Å²) in [6.07, 6.45) is 12.2. The molecule has 3 fully saturated rings. The van der Waals surface area contributed by atoms with Gasteiger partial charge in [0.15, 0.2) is 9.74 Å². The molecule has 0 spiro atoms. The van der Waals surface area contributed by atoms with Gasteiger partial charge in [-0.25, -0.2) is 0 Å². The van der Waals surface area contributed by atoms with E-state index in [-0.39, 0.29) is 18.2 Å². The largest absolute Gasteiger partial charge is 0.473 e. The van der Waals surface area contributed by atoms with Crippen molar-refractivity contribution in [3.8, 4) is 0 Å². The van der Waals surface area contributed by atoms with Gasteiger partial charge in [-0.1, -0.05) is 18.2 Å². The van der Waals surface area contributed by atoms with Crippen LogP contribution in [-0.2, 0) is 14.3 Å². The quantitative estimate of drug-likeness (QED) is 0.669. The average molecular weight is 435 g/mol. The number of aliphatic hydroxyl groups is 2. The van der Waals surface area contributed by atoms with Crippen molar-refractivity contribution >= 4 is 35.3 Å². The number of carbonyl (C=O) groups excluding carboxylic acids is 2. The average Bonchev–Trinajstić information content (AvgIpc) is 3.19. The first kappa shape index (κ1) is 19.3. The predicted molar refractivity (Wildman–Crippen MR) is 111 cm³/mol. The number of piperazine rings is 1. The molecule has 4 aliphatic heterocycles. The second kappa shape index (κ2) is 6.41. The zero-order chi connectivity index (χ0) is 20.6. The van der Waals surface area contributed by atoms with Crippen LogP contribution in [0.2, 0.25) is 0 Å². The summed E-state index contributed by atoms with van der Waals surface area (Å²) < 4.78 is 5.36. The Hall–Kier alpha value is -1.68. The molecule has 29 heavy (non-hydrogen) atoms. The minimum Gasteiger partial charge on any atom is -0.473 e. The van der Waals surface area contributed by atoms with E-state index in [9.17, 15) is 19.8 Å². The van der Waals surface area contributed by atoms with Crippen LogP contribution in [0.25, 0.3) is 0 Å². The number of fused-ring (bicyclic) bond motifs is 6. The molecule has 0 aromatic heterocycles. The van der Waals surface area contributed by atoms with Crippen LogP contribution >= 0.6 is 23.5 Å². The van der Waals surface area contributed by atoms with Crippen LogP contribution in [0.4, 0.5) is 0 Å². The van der Waals surface area contributed by atoms with Gasteiger partial charge in [0, 0.05) is 12.8 Å². The third kappa shape index (κ3) is 2.24. The number of rotatable bonds is 2. The van der Waals surface area contributed by atoms with Crippen molar-refractivity contribution < 1.29 is 24.5 Å². The molecule has 6 atom stereocenters. The molecule has 0 radical (unpaired) electrons. The third-order valence-electron chi connectivity index (χ3n) is 6.60. The van der Waals surface area contributed by atoms with E-state index in [1.54, 1.807) is 22.0 Å². The number of ether oxygens (including phenoxy) is 1. The van der Waals surface area contributed by atoms with Crippen LogP contribution in [0.3, 0.4) is 0 Å². The Morgan fingerprint density at radius 1 is 0.966 bits per heavy atom. The molecule has 2 N–H and O–H groups in total. The Balaban J connectivity index is 1.70. The van der Waals surface area contributed by atoms with E-state index in [0.717, 1.165) is 11.1 Å². The van der Waals surface area contributed by atoms with Gasteiger partial charge in [0.2, 0.25) is 0 Å². The number of allylic oxidation sites excluding steroid dienone is 2. The van der Waals surface area contributed by atoms with Crippen LogP contribution in [0.1, 0.15) is 12.8 Å². The van der Waals surface area contributed by atoms with Gasteiger partial charge >= 0.3 is 0 Å². The fourth-order valence-electron chi connectivity index (χ4n) is 5.31. The molecule has 0 unspecified atom stereocenters.